The van der Waals surface area contributed by atoms with Gasteiger partial charge in [-0.05, 0) is 113 Å². The molecule has 6 heterocycles. The third kappa shape index (κ3) is 11.2. The second-order valence-corrected chi connectivity index (χ2v) is 19.3. The number of hydrogen-bond acceptors (Lipinski definition) is 12. The monoisotopic (exact) mass is 1040 g/mol. The summed E-state index contributed by atoms with van der Waals surface area (Å²) >= 11 is 0. The molecule has 0 radical (unpaired) electrons. The second kappa shape index (κ2) is 22.1. The van der Waals surface area contributed by atoms with Crippen LogP contribution in [0.2, 0.25) is 0 Å². The zero-order valence-electron chi connectivity index (χ0n) is 43.0. The fourth-order valence-electron chi connectivity index (χ4n) is 9.96. The number of aryl methyl sites for hydroxylation is 5. The summed E-state index contributed by atoms with van der Waals surface area (Å²) in [6.45, 7) is 7.07. The summed E-state index contributed by atoms with van der Waals surface area (Å²) in [4.78, 5) is 97.5. The molecule has 2 aromatic carbocycles. The number of rotatable bonds is 17. The van der Waals surface area contributed by atoms with Crippen LogP contribution in [0.25, 0.3) is 0 Å². The molecule has 8 rings (SSSR count). The number of carbonyl (C=O) groups is 6. The van der Waals surface area contributed by atoms with E-state index < -0.39 is 89.1 Å². The highest BCUT2D eigenvalue weighted by Crippen LogP contribution is 2.36. The minimum Gasteiger partial charge on any atom is -0.384 e. The highest BCUT2D eigenvalue weighted by atomic mass is 19.1. The van der Waals surface area contributed by atoms with Gasteiger partial charge in [-0.15, -0.1) is 0 Å². The molecule has 20 nitrogen and oxygen atoms in total. The van der Waals surface area contributed by atoms with Crippen molar-refractivity contribution < 1.29 is 41.9 Å². The number of likely N-dealkylation sites (N-methyl/N-ethyl adjacent to an activating group) is 2. The third-order valence-corrected chi connectivity index (χ3v) is 13.8. The maximum Gasteiger partial charge on any atom is 0.325 e. The largest absolute Gasteiger partial charge is 0.384 e. The summed E-state index contributed by atoms with van der Waals surface area (Å²) < 4.78 is 47.9. The van der Waals surface area contributed by atoms with E-state index in [4.69, 9.17) is 11.5 Å². The Morgan fingerprint density at radius 3 is 1.68 bits per heavy atom. The molecule has 398 valence electrons. The molecular weight excluding hydrogens is 986 g/mol. The summed E-state index contributed by atoms with van der Waals surface area (Å²) in [6.07, 6.45) is 3.88. The lowest BCUT2D eigenvalue weighted by molar-refractivity contribution is -0.156. The minimum absolute atomic E-state index is 0.0242. The Balaban J connectivity index is 0.991. The average molecular weight is 1050 g/mol. The van der Waals surface area contributed by atoms with Gasteiger partial charge in [0.15, 0.2) is 11.6 Å². The molecular formula is C53H59F3N14O6. The Morgan fingerprint density at radius 2 is 1.17 bits per heavy atom. The number of benzene rings is 2. The number of urea groups is 2. The lowest BCUT2D eigenvalue weighted by atomic mass is 9.81. The molecule has 0 saturated carbocycles. The molecule has 2 fully saturated rings. The van der Waals surface area contributed by atoms with Crippen molar-refractivity contribution in [1.82, 2.24) is 50.0 Å². The van der Waals surface area contributed by atoms with E-state index >= 15 is 4.39 Å². The quantitative estimate of drug-likeness (QED) is 0.0795. The third-order valence-electron chi connectivity index (χ3n) is 13.8. The number of imide groups is 2. The summed E-state index contributed by atoms with van der Waals surface area (Å²) in [5, 5.41) is 14.4. The zero-order valence-corrected chi connectivity index (χ0v) is 43.0. The zero-order chi connectivity index (χ0) is 54.9. The fraction of sp³-hybridized carbons (Fsp3) is 0.358. The number of amides is 8. The number of β-lactam (4-membered cyclic amide) rings is 2. The van der Waals surface area contributed by atoms with Crippen LogP contribution in [0, 0.1) is 50.1 Å². The van der Waals surface area contributed by atoms with Gasteiger partial charge < -0.3 is 22.1 Å². The van der Waals surface area contributed by atoms with E-state index in [0.717, 1.165) is 28.0 Å². The van der Waals surface area contributed by atoms with Crippen LogP contribution in [-0.2, 0) is 45.6 Å². The number of nitrogens with two attached hydrogens (primary N) is 2. The number of halogens is 3. The van der Waals surface area contributed by atoms with Crippen molar-refractivity contribution in [2.45, 2.75) is 90.5 Å². The Kier molecular flexibility index (Phi) is 15.6. The predicted octanol–water partition coefficient (Wildman–Crippen LogP) is 5.77. The molecule has 2 saturated heterocycles. The van der Waals surface area contributed by atoms with Crippen LogP contribution >= 0.6 is 0 Å². The van der Waals surface area contributed by atoms with E-state index in [1.807, 2.05) is 0 Å². The van der Waals surface area contributed by atoms with E-state index in [0.29, 0.717) is 33.9 Å². The van der Waals surface area contributed by atoms with Gasteiger partial charge in [-0.25, -0.2) is 32.7 Å². The van der Waals surface area contributed by atoms with Crippen molar-refractivity contribution in [2.75, 3.05) is 35.4 Å². The van der Waals surface area contributed by atoms with Gasteiger partial charge in [0.05, 0.1) is 23.9 Å². The first kappa shape index (κ1) is 53.7. The van der Waals surface area contributed by atoms with Crippen LogP contribution < -0.4 is 31.9 Å². The van der Waals surface area contributed by atoms with Crippen molar-refractivity contribution in [3.8, 4) is 0 Å². The first-order chi connectivity index (χ1) is 36.1. The average Bonchev–Trinajstić information content (AvgIpc) is 4.04. The first-order valence-corrected chi connectivity index (χ1v) is 24.6. The van der Waals surface area contributed by atoms with Gasteiger partial charge in [-0.3, -0.25) is 48.1 Å². The Hall–Kier alpha value is -8.63. The Morgan fingerprint density at radius 1 is 0.671 bits per heavy atom. The molecule has 4 aromatic heterocycles. The second-order valence-electron chi connectivity index (χ2n) is 19.3. The molecule has 6 atom stereocenters. The topological polar surface area (TPSA) is 253 Å². The summed E-state index contributed by atoms with van der Waals surface area (Å²) in [6, 6.07) is 10.6. The fourth-order valence-corrected chi connectivity index (χ4v) is 9.96. The van der Waals surface area contributed by atoms with Crippen molar-refractivity contribution in [2.24, 2.45) is 18.9 Å². The number of likely N-dealkylation sites (tertiary alicyclic amines) is 2. The molecule has 0 aliphatic carbocycles. The number of anilines is 4. The predicted molar refractivity (Wildman–Crippen MR) is 274 cm³/mol. The maximum absolute atomic E-state index is 15.7. The highest BCUT2D eigenvalue weighted by Gasteiger charge is 2.57. The minimum atomic E-state index is -1.35. The summed E-state index contributed by atoms with van der Waals surface area (Å²) in [7, 11) is 4.62. The van der Waals surface area contributed by atoms with Gasteiger partial charge in [0, 0.05) is 74.7 Å². The van der Waals surface area contributed by atoms with Crippen LogP contribution in [0.15, 0.2) is 85.2 Å². The summed E-state index contributed by atoms with van der Waals surface area (Å²) in [5.41, 5.74) is 15.2. The van der Waals surface area contributed by atoms with E-state index in [1.54, 1.807) is 95.7 Å². The smallest absolute Gasteiger partial charge is 0.325 e. The molecule has 8 amide bonds. The molecule has 0 bridgehead atoms. The number of pyridine rings is 2. The number of carbonyl (C=O) groups excluding carboxylic acids is 6. The number of nitrogen functional groups attached to an aromatic ring is 2. The van der Waals surface area contributed by atoms with E-state index in [-0.39, 0.29) is 67.2 Å². The van der Waals surface area contributed by atoms with Gasteiger partial charge in [-0.2, -0.15) is 10.2 Å². The van der Waals surface area contributed by atoms with Crippen molar-refractivity contribution in [3.63, 3.8) is 0 Å². The lowest BCUT2D eigenvalue weighted by Crippen LogP contribution is -2.70. The van der Waals surface area contributed by atoms with Gasteiger partial charge in [-0.1, -0.05) is 24.6 Å². The highest BCUT2D eigenvalue weighted by molar-refractivity contribution is 6.13. The maximum atomic E-state index is 15.7. The SMILES string of the molecule is CC[C@@H](NC(=O)N1C(=O)[C@H](Cc2cc(C)nc(N)c2)[C@H]1C(=O)N(C)c1ccn(CCC[C@@H](NC(=O)N2C(=O)[C@H](Cc3cc(C)nc(N)c3)[C@H]2C(=O)N(C)c2ccn(C)n2)c2cc(C)ccc2F)n1)c1cc(F)ccc1F. The van der Waals surface area contributed by atoms with Gasteiger partial charge in [0.1, 0.15) is 41.2 Å². The first-order valence-electron chi connectivity index (χ1n) is 24.6. The molecule has 23 heteroatoms. The molecule has 76 heavy (non-hydrogen) atoms. The molecule has 6 N–H and O–H groups in total. The van der Waals surface area contributed by atoms with Crippen molar-refractivity contribution in [1.29, 1.82) is 0 Å². The molecule has 0 spiro atoms. The van der Waals surface area contributed by atoms with Crippen LogP contribution in [0.4, 0.5) is 46.0 Å². The normalized spacial score (nSPS) is 17.9. The van der Waals surface area contributed by atoms with E-state index in [9.17, 15) is 37.5 Å². The van der Waals surface area contributed by atoms with Crippen molar-refractivity contribution in [3.05, 3.63) is 142 Å². The number of nitrogens with one attached hydrogen (secondary N) is 2. The van der Waals surface area contributed by atoms with Gasteiger partial charge in [0.2, 0.25) is 11.8 Å². The van der Waals surface area contributed by atoms with E-state index in [2.05, 4.69) is 30.8 Å². The number of nitrogens with zero attached hydrogens (tertiary/aromatic N) is 10. The molecule has 2 aliphatic heterocycles. The van der Waals surface area contributed by atoms with Crippen LogP contribution in [-0.4, -0.2) is 101 Å². The Labute approximate surface area is 436 Å². The molecule has 6 aromatic rings. The van der Waals surface area contributed by atoms with Crippen LogP contribution in [0.3, 0.4) is 0 Å². The number of aromatic nitrogens is 6. The number of hydrogen-bond donors (Lipinski definition) is 4. The van der Waals surface area contributed by atoms with Gasteiger partial charge >= 0.3 is 12.1 Å². The Bertz CT molecular complexity index is 3200. The molecule has 0 unspecified atom stereocenters. The van der Waals surface area contributed by atoms with Gasteiger partial charge in [0.25, 0.3) is 11.8 Å². The standard InChI is InChI=1S/C53H59F3N14O6/c1-8-40(35-27-33(54)12-14-39(35)56)61-52(75)69-47(37(48(69)71)24-32-22-30(4)60-43(58)26-32)51(74)67(7)45-16-19-68(64-45)17-9-10-41(34-20-28(2)11-13-38(34)55)62-53(76)70-46(50(73)66(6)44-15-18-65(5)63-44)36(49(70)72)23-31-21-29(3)59-42(57)25-31/h11-16,18-22,25-27,36-37,40-41,46-47H,8-10,17,23-24H2,1-7H3,(H2,57,59)(H2,58,60)(H,61,75)(H,62,76)/t36-,37-,40-,41-,46+,47+/m1/s1. The lowest BCUT2D eigenvalue weighted by Gasteiger charge is -2.45. The molecule has 2 aliphatic rings. The van der Waals surface area contributed by atoms with E-state index in [1.165, 1.54) is 39.3 Å². The summed E-state index contributed by atoms with van der Waals surface area (Å²) in [5.74, 6) is -5.72. The van der Waals surface area contributed by atoms with Crippen molar-refractivity contribution >= 4 is 59.0 Å². The van der Waals surface area contributed by atoms with Crippen LogP contribution in [0.5, 0.6) is 0 Å². The van der Waals surface area contributed by atoms with Crippen LogP contribution in [0.1, 0.15) is 77.5 Å².